The highest BCUT2D eigenvalue weighted by molar-refractivity contribution is 5.77. The van der Waals surface area contributed by atoms with Crippen LogP contribution in [0.25, 0.3) is 0 Å². The van der Waals surface area contributed by atoms with Gasteiger partial charge in [-0.15, -0.1) is 0 Å². The predicted octanol–water partition coefficient (Wildman–Crippen LogP) is 3.48. The van der Waals surface area contributed by atoms with Crippen molar-refractivity contribution < 1.29 is 19.1 Å². The summed E-state index contributed by atoms with van der Waals surface area (Å²) < 4.78 is 12.9. The normalized spacial score (nSPS) is 11.7. The van der Waals surface area contributed by atoms with E-state index in [0.717, 1.165) is 11.1 Å². The molecule has 126 valence electrons. The van der Waals surface area contributed by atoms with Crippen LogP contribution in [0.1, 0.15) is 36.4 Å². The van der Waals surface area contributed by atoms with Crippen LogP contribution >= 0.6 is 0 Å². The van der Waals surface area contributed by atoms with Crippen molar-refractivity contribution in [3.05, 3.63) is 71.5 Å². The van der Waals surface area contributed by atoms with Gasteiger partial charge in [-0.05, 0) is 36.1 Å². The first-order valence-corrected chi connectivity index (χ1v) is 7.85. The Bertz CT molecular complexity index is 671. The lowest BCUT2D eigenvalue weighted by atomic mass is 10.0. The Hall–Kier alpha value is -2.69. The first-order chi connectivity index (χ1) is 11.5. The van der Waals surface area contributed by atoms with E-state index in [1.54, 1.807) is 12.1 Å². The molecule has 2 rings (SSSR count). The molecule has 0 saturated carbocycles. The SMILES string of the molecule is O=C(O)CCC(NC(=O)CCc1ccc(F)cc1)c1ccccc1. The van der Waals surface area contributed by atoms with E-state index in [2.05, 4.69) is 5.32 Å². The van der Waals surface area contributed by atoms with Gasteiger partial charge in [0.2, 0.25) is 5.91 Å². The number of carboxylic acids is 1. The summed E-state index contributed by atoms with van der Waals surface area (Å²) in [5.74, 6) is -1.35. The van der Waals surface area contributed by atoms with Gasteiger partial charge in [0.1, 0.15) is 5.82 Å². The van der Waals surface area contributed by atoms with E-state index in [1.807, 2.05) is 30.3 Å². The van der Waals surface area contributed by atoms with Crippen LogP contribution in [-0.2, 0) is 16.0 Å². The quantitative estimate of drug-likeness (QED) is 0.779. The summed E-state index contributed by atoms with van der Waals surface area (Å²) in [6.07, 6.45) is 1.09. The minimum absolute atomic E-state index is 0.0161. The zero-order chi connectivity index (χ0) is 17.4. The molecule has 1 unspecified atom stereocenters. The van der Waals surface area contributed by atoms with Gasteiger partial charge in [-0.1, -0.05) is 42.5 Å². The average Bonchev–Trinajstić information content (AvgIpc) is 2.58. The second-order valence-corrected chi connectivity index (χ2v) is 5.59. The molecule has 0 spiro atoms. The standard InChI is InChI=1S/C19H20FNO3/c20-16-9-6-14(7-10-16)8-12-18(22)21-17(11-13-19(23)24)15-4-2-1-3-5-15/h1-7,9-10,17H,8,11-13H2,(H,21,22)(H,23,24). The Morgan fingerprint density at radius 1 is 1.00 bits per heavy atom. The van der Waals surface area contributed by atoms with Crippen LogP contribution in [-0.4, -0.2) is 17.0 Å². The summed E-state index contributed by atoms with van der Waals surface area (Å²) in [7, 11) is 0. The molecule has 2 N–H and O–H groups in total. The first kappa shape index (κ1) is 17.7. The Kier molecular flexibility index (Phi) is 6.49. The number of nitrogens with one attached hydrogen (secondary N) is 1. The van der Waals surface area contributed by atoms with Gasteiger partial charge in [-0.2, -0.15) is 0 Å². The van der Waals surface area contributed by atoms with Crippen molar-refractivity contribution in [1.29, 1.82) is 0 Å². The van der Waals surface area contributed by atoms with Crippen molar-refractivity contribution in [3.8, 4) is 0 Å². The van der Waals surface area contributed by atoms with E-state index in [-0.39, 0.29) is 30.6 Å². The number of amides is 1. The van der Waals surface area contributed by atoms with E-state index in [0.29, 0.717) is 12.8 Å². The molecule has 5 heteroatoms. The molecule has 4 nitrogen and oxygen atoms in total. The summed E-state index contributed by atoms with van der Waals surface area (Å²) in [5.41, 5.74) is 1.77. The van der Waals surface area contributed by atoms with E-state index in [4.69, 9.17) is 5.11 Å². The van der Waals surface area contributed by atoms with Gasteiger partial charge in [0.15, 0.2) is 0 Å². The third-order valence-electron chi connectivity index (χ3n) is 3.74. The Morgan fingerprint density at radius 3 is 2.29 bits per heavy atom. The summed E-state index contributed by atoms with van der Waals surface area (Å²) in [4.78, 5) is 23.0. The highest BCUT2D eigenvalue weighted by atomic mass is 19.1. The van der Waals surface area contributed by atoms with Gasteiger partial charge >= 0.3 is 5.97 Å². The molecular formula is C19H20FNO3. The predicted molar refractivity (Wildman–Crippen MR) is 88.9 cm³/mol. The molecule has 0 radical (unpaired) electrons. The zero-order valence-corrected chi connectivity index (χ0v) is 13.2. The maximum Gasteiger partial charge on any atom is 0.303 e. The lowest BCUT2D eigenvalue weighted by Gasteiger charge is -2.18. The van der Waals surface area contributed by atoms with E-state index in [9.17, 15) is 14.0 Å². The average molecular weight is 329 g/mol. The minimum atomic E-state index is -0.892. The molecule has 0 aliphatic carbocycles. The Labute approximate surface area is 140 Å². The van der Waals surface area contributed by atoms with E-state index < -0.39 is 5.97 Å². The van der Waals surface area contributed by atoms with Gasteiger partial charge in [0.25, 0.3) is 0 Å². The summed E-state index contributed by atoms with van der Waals surface area (Å²) in [6, 6.07) is 15.0. The summed E-state index contributed by atoms with van der Waals surface area (Å²) >= 11 is 0. The number of carbonyl (C=O) groups excluding carboxylic acids is 1. The fraction of sp³-hybridized carbons (Fsp3) is 0.263. The van der Waals surface area contributed by atoms with E-state index >= 15 is 0 Å². The van der Waals surface area contributed by atoms with Crippen LogP contribution < -0.4 is 5.32 Å². The van der Waals surface area contributed by atoms with Crippen LogP contribution in [0.3, 0.4) is 0 Å². The number of benzene rings is 2. The van der Waals surface area contributed by atoms with Crippen molar-refractivity contribution in [2.45, 2.75) is 31.7 Å². The molecule has 0 fully saturated rings. The first-order valence-electron chi connectivity index (χ1n) is 7.85. The topological polar surface area (TPSA) is 66.4 Å². The number of hydrogen-bond donors (Lipinski definition) is 2. The Morgan fingerprint density at radius 2 is 1.67 bits per heavy atom. The van der Waals surface area contributed by atoms with Gasteiger partial charge in [0, 0.05) is 12.8 Å². The molecule has 0 aliphatic heterocycles. The monoisotopic (exact) mass is 329 g/mol. The molecule has 0 saturated heterocycles. The van der Waals surface area contributed by atoms with E-state index in [1.165, 1.54) is 12.1 Å². The molecule has 0 aliphatic rings. The highest BCUT2D eigenvalue weighted by Gasteiger charge is 2.15. The van der Waals surface area contributed by atoms with Gasteiger partial charge < -0.3 is 10.4 Å². The van der Waals surface area contributed by atoms with Crippen LogP contribution in [0, 0.1) is 5.82 Å². The Balaban J connectivity index is 1.93. The molecule has 0 aromatic heterocycles. The van der Waals surface area contributed by atoms with Crippen LogP contribution in [0.2, 0.25) is 0 Å². The molecule has 0 heterocycles. The third-order valence-corrected chi connectivity index (χ3v) is 3.74. The molecule has 0 bridgehead atoms. The number of rotatable bonds is 8. The second kappa shape index (κ2) is 8.82. The number of carboxylic acid groups (broad SMARTS) is 1. The molecule has 2 aromatic carbocycles. The summed E-state index contributed by atoms with van der Waals surface area (Å²) in [5, 5.41) is 11.8. The summed E-state index contributed by atoms with van der Waals surface area (Å²) in [6.45, 7) is 0. The molecule has 1 atom stereocenters. The number of aliphatic carboxylic acids is 1. The van der Waals surface area contributed by atoms with Crippen LogP contribution in [0.15, 0.2) is 54.6 Å². The zero-order valence-electron chi connectivity index (χ0n) is 13.2. The number of halogens is 1. The molecular weight excluding hydrogens is 309 g/mol. The van der Waals surface area contributed by atoms with Crippen molar-refractivity contribution in [1.82, 2.24) is 5.32 Å². The van der Waals surface area contributed by atoms with Crippen molar-refractivity contribution in [3.63, 3.8) is 0 Å². The lowest BCUT2D eigenvalue weighted by molar-refractivity contribution is -0.137. The van der Waals surface area contributed by atoms with Gasteiger partial charge in [-0.25, -0.2) is 4.39 Å². The minimum Gasteiger partial charge on any atom is -0.481 e. The molecule has 24 heavy (non-hydrogen) atoms. The van der Waals surface area contributed by atoms with Crippen LogP contribution in [0.5, 0.6) is 0 Å². The second-order valence-electron chi connectivity index (χ2n) is 5.59. The van der Waals surface area contributed by atoms with Crippen molar-refractivity contribution >= 4 is 11.9 Å². The fourth-order valence-corrected chi connectivity index (χ4v) is 2.45. The smallest absolute Gasteiger partial charge is 0.303 e. The van der Waals surface area contributed by atoms with Crippen molar-refractivity contribution in [2.24, 2.45) is 0 Å². The molecule has 1 amide bonds. The maximum absolute atomic E-state index is 12.9. The fourth-order valence-electron chi connectivity index (χ4n) is 2.45. The van der Waals surface area contributed by atoms with Gasteiger partial charge in [0.05, 0.1) is 6.04 Å². The number of carbonyl (C=O) groups is 2. The lowest BCUT2D eigenvalue weighted by Crippen LogP contribution is -2.29. The number of hydrogen-bond acceptors (Lipinski definition) is 2. The van der Waals surface area contributed by atoms with Crippen molar-refractivity contribution in [2.75, 3.05) is 0 Å². The number of aryl methyl sites for hydroxylation is 1. The highest BCUT2D eigenvalue weighted by Crippen LogP contribution is 2.18. The molecule has 2 aromatic rings. The van der Waals surface area contributed by atoms with Crippen LogP contribution in [0.4, 0.5) is 4.39 Å². The third kappa shape index (κ3) is 5.83. The maximum atomic E-state index is 12.9. The largest absolute Gasteiger partial charge is 0.481 e. The van der Waals surface area contributed by atoms with Gasteiger partial charge in [-0.3, -0.25) is 9.59 Å².